The van der Waals surface area contributed by atoms with E-state index < -0.39 is 5.97 Å². The fourth-order valence-corrected chi connectivity index (χ4v) is 1.51. The van der Waals surface area contributed by atoms with Crippen LogP contribution >= 0.6 is 0 Å². The normalized spacial score (nSPS) is 8.95. The minimum atomic E-state index is -0.445. The standard InChI is InChI=1S/C14H13N3O4/c1-20-12-4-9(5-13(18)21-2)3-11(14(12)19)17-8-10(6-15)7-16/h3-4,8,17,19H,5H2,1-2H3. The van der Waals surface area contributed by atoms with Gasteiger partial charge in [0.15, 0.2) is 11.5 Å². The van der Waals surface area contributed by atoms with Crippen molar-refractivity contribution >= 4 is 11.7 Å². The van der Waals surface area contributed by atoms with Gasteiger partial charge in [-0.2, -0.15) is 10.5 Å². The Bertz CT molecular complexity index is 637. The Hall–Kier alpha value is -3.19. The topological polar surface area (TPSA) is 115 Å². The van der Waals surface area contributed by atoms with Crippen LogP contribution in [-0.4, -0.2) is 25.3 Å². The highest BCUT2D eigenvalue weighted by atomic mass is 16.5. The van der Waals surface area contributed by atoms with E-state index in [0.717, 1.165) is 6.20 Å². The summed E-state index contributed by atoms with van der Waals surface area (Å²) in [5.41, 5.74) is 0.589. The van der Waals surface area contributed by atoms with Crippen LogP contribution in [0.15, 0.2) is 23.9 Å². The molecule has 0 bridgehead atoms. The molecule has 0 aliphatic carbocycles. The smallest absolute Gasteiger partial charge is 0.309 e. The lowest BCUT2D eigenvalue weighted by Crippen LogP contribution is -2.05. The van der Waals surface area contributed by atoms with Gasteiger partial charge in [-0.05, 0) is 17.7 Å². The van der Waals surface area contributed by atoms with Crippen LogP contribution in [0.1, 0.15) is 5.56 Å². The lowest BCUT2D eigenvalue weighted by Gasteiger charge is -2.11. The molecule has 0 aliphatic rings. The molecule has 1 aromatic carbocycles. The lowest BCUT2D eigenvalue weighted by atomic mass is 10.1. The quantitative estimate of drug-likeness (QED) is 0.478. The number of phenols is 1. The van der Waals surface area contributed by atoms with Crippen molar-refractivity contribution in [3.05, 3.63) is 29.5 Å². The third-order valence-corrected chi connectivity index (χ3v) is 2.54. The first kappa shape index (κ1) is 15.9. The summed E-state index contributed by atoms with van der Waals surface area (Å²) in [5.74, 6) is -0.487. The second-order valence-electron chi connectivity index (χ2n) is 3.87. The maximum absolute atomic E-state index is 11.3. The number of hydrogen-bond acceptors (Lipinski definition) is 7. The highest BCUT2D eigenvalue weighted by Gasteiger charge is 2.12. The van der Waals surface area contributed by atoms with E-state index in [1.165, 1.54) is 26.4 Å². The summed E-state index contributed by atoms with van der Waals surface area (Å²) in [7, 11) is 2.64. The number of esters is 1. The molecule has 1 aromatic rings. The highest BCUT2D eigenvalue weighted by Crippen LogP contribution is 2.35. The molecule has 0 spiro atoms. The molecule has 0 fully saturated rings. The summed E-state index contributed by atoms with van der Waals surface area (Å²) in [6.07, 6.45) is 1.14. The first-order valence-electron chi connectivity index (χ1n) is 5.79. The molecule has 108 valence electrons. The van der Waals surface area contributed by atoms with E-state index in [1.807, 2.05) is 0 Å². The summed E-state index contributed by atoms with van der Waals surface area (Å²) >= 11 is 0. The average molecular weight is 287 g/mol. The number of methoxy groups -OCH3 is 2. The van der Waals surface area contributed by atoms with Gasteiger partial charge >= 0.3 is 5.97 Å². The van der Waals surface area contributed by atoms with E-state index in [4.69, 9.17) is 15.3 Å². The van der Waals surface area contributed by atoms with E-state index in [2.05, 4.69) is 10.1 Å². The van der Waals surface area contributed by atoms with Crippen LogP contribution in [0.25, 0.3) is 0 Å². The summed E-state index contributed by atoms with van der Waals surface area (Å²) < 4.78 is 9.58. The number of phenolic OH excluding ortho intramolecular Hbond substituents is 1. The minimum Gasteiger partial charge on any atom is -0.503 e. The lowest BCUT2D eigenvalue weighted by molar-refractivity contribution is -0.139. The van der Waals surface area contributed by atoms with Crippen LogP contribution in [-0.2, 0) is 16.0 Å². The van der Waals surface area contributed by atoms with Gasteiger partial charge in [-0.25, -0.2) is 0 Å². The number of rotatable bonds is 5. The number of allylic oxidation sites excluding steroid dienone is 1. The van der Waals surface area contributed by atoms with Crippen LogP contribution in [0, 0.1) is 22.7 Å². The minimum absolute atomic E-state index is 0.00507. The third kappa shape index (κ3) is 4.15. The Morgan fingerprint density at radius 1 is 1.38 bits per heavy atom. The molecular weight excluding hydrogens is 274 g/mol. The Labute approximate surface area is 121 Å². The van der Waals surface area contributed by atoms with Crippen molar-refractivity contribution in [3.63, 3.8) is 0 Å². The van der Waals surface area contributed by atoms with E-state index >= 15 is 0 Å². The molecule has 0 heterocycles. The van der Waals surface area contributed by atoms with Crippen molar-refractivity contribution in [2.45, 2.75) is 6.42 Å². The van der Waals surface area contributed by atoms with Crippen LogP contribution in [0.3, 0.4) is 0 Å². The number of ether oxygens (including phenoxy) is 2. The SMILES string of the molecule is COC(=O)Cc1cc(NC=C(C#N)C#N)c(O)c(OC)c1. The van der Waals surface area contributed by atoms with Crippen LogP contribution in [0.5, 0.6) is 11.5 Å². The number of nitriles is 2. The molecule has 7 heteroatoms. The molecule has 0 radical (unpaired) electrons. The van der Waals surface area contributed by atoms with Gasteiger partial charge in [-0.15, -0.1) is 0 Å². The predicted molar refractivity (Wildman–Crippen MR) is 73.3 cm³/mol. The number of anilines is 1. The van der Waals surface area contributed by atoms with Gasteiger partial charge in [-0.1, -0.05) is 0 Å². The summed E-state index contributed by atoms with van der Waals surface area (Å²) in [5, 5.41) is 29.9. The van der Waals surface area contributed by atoms with Gasteiger partial charge in [0.25, 0.3) is 0 Å². The number of carbonyl (C=O) groups excluding carboxylic acids is 1. The molecule has 0 aliphatic heterocycles. The van der Waals surface area contributed by atoms with Crippen LogP contribution < -0.4 is 10.1 Å². The molecule has 0 saturated heterocycles. The molecule has 7 nitrogen and oxygen atoms in total. The molecule has 2 N–H and O–H groups in total. The van der Waals surface area contributed by atoms with E-state index in [-0.39, 0.29) is 29.2 Å². The molecule has 0 unspecified atom stereocenters. The van der Waals surface area contributed by atoms with Gasteiger partial charge in [0.1, 0.15) is 17.7 Å². The molecule has 0 atom stereocenters. The Morgan fingerprint density at radius 3 is 2.57 bits per heavy atom. The number of hydrogen-bond donors (Lipinski definition) is 2. The van der Waals surface area contributed by atoms with Crippen molar-refractivity contribution < 1.29 is 19.4 Å². The number of aromatic hydroxyl groups is 1. The van der Waals surface area contributed by atoms with E-state index in [1.54, 1.807) is 12.1 Å². The summed E-state index contributed by atoms with van der Waals surface area (Å²) in [6, 6.07) is 6.35. The highest BCUT2D eigenvalue weighted by molar-refractivity contribution is 5.75. The van der Waals surface area contributed by atoms with Gasteiger partial charge in [0.2, 0.25) is 0 Å². The summed E-state index contributed by atoms with van der Waals surface area (Å²) in [4.78, 5) is 11.3. The second kappa shape index (κ2) is 7.41. The molecule has 1 rings (SSSR count). The Morgan fingerprint density at radius 2 is 2.05 bits per heavy atom. The molecular formula is C14H13N3O4. The predicted octanol–water partition coefficient (Wildman–Crippen LogP) is 1.46. The largest absolute Gasteiger partial charge is 0.503 e. The van der Waals surface area contributed by atoms with Gasteiger partial charge in [-0.3, -0.25) is 4.79 Å². The Balaban J connectivity index is 3.16. The van der Waals surface area contributed by atoms with Crippen LogP contribution in [0.2, 0.25) is 0 Å². The number of benzene rings is 1. The first-order valence-corrected chi connectivity index (χ1v) is 5.79. The zero-order valence-electron chi connectivity index (χ0n) is 11.5. The zero-order valence-corrected chi connectivity index (χ0v) is 11.5. The van der Waals surface area contributed by atoms with Crippen molar-refractivity contribution in [2.24, 2.45) is 0 Å². The maximum atomic E-state index is 11.3. The zero-order chi connectivity index (χ0) is 15.8. The number of nitrogens with one attached hydrogen (secondary N) is 1. The first-order chi connectivity index (χ1) is 10.0. The molecule has 0 amide bonds. The van der Waals surface area contributed by atoms with E-state index in [0.29, 0.717) is 5.56 Å². The van der Waals surface area contributed by atoms with Crippen molar-refractivity contribution in [1.82, 2.24) is 0 Å². The van der Waals surface area contributed by atoms with Gasteiger partial charge < -0.3 is 19.9 Å². The second-order valence-corrected chi connectivity index (χ2v) is 3.87. The number of carbonyl (C=O) groups is 1. The van der Waals surface area contributed by atoms with Crippen LogP contribution in [0.4, 0.5) is 5.69 Å². The van der Waals surface area contributed by atoms with Crippen molar-refractivity contribution in [1.29, 1.82) is 10.5 Å². The maximum Gasteiger partial charge on any atom is 0.309 e. The van der Waals surface area contributed by atoms with Crippen molar-refractivity contribution in [2.75, 3.05) is 19.5 Å². The monoisotopic (exact) mass is 287 g/mol. The average Bonchev–Trinajstić information content (AvgIpc) is 2.50. The van der Waals surface area contributed by atoms with E-state index in [9.17, 15) is 9.90 Å². The fraction of sp³-hybridized carbons (Fsp3) is 0.214. The number of nitrogens with zero attached hydrogens (tertiary/aromatic N) is 2. The fourth-order valence-electron chi connectivity index (χ4n) is 1.51. The summed E-state index contributed by atoms with van der Waals surface area (Å²) in [6.45, 7) is 0. The molecule has 0 aromatic heterocycles. The molecule has 0 saturated carbocycles. The third-order valence-electron chi connectivity index (χ3n) is 2.54. The Kier molecular flexibility index (Phi) is 5.60. The molecule has 21 heavy (non-hydrogen) atoms. The van der Waals surface area contributed by atoms with Crippen molar-refractivity contribution in [3.8, 4) is 23.6 Å². The van der Waals surface area contributed by atoms with Gasteiger partial charge in [0.05, 0.1) is 26.3 Å². The van der Waals surface area contributed by atoms with Gasteiger partial charge in [0, 0.05) is 6.20 Å².